The van der Waals surface area contributed by atoms with Gasteiger partial charge in [-0.1, -0.05) is 0 Å². The molecule has 0 bridgehead atoms. The van der Waals surface area contributed by atoms with E-state index in [2.05, 4.69) is 0 Å². The van der Waals surface area contributed by atoms with E-state index >= 15 is 0 Å². The first-order valence-electron chi connectivity index (χ1n) is 3.65. The Morgan fingerprint density at radius 2 is 1.29 bits per heavy atom. The molecule has 0 radical (unpaired) electrons. The average Bonchev–Trinajstić information content (AvgIpc) is 1.93. The Morgan fingerprint density at radius 3 is 1.47 bits per heavy atom. The molecular formula is C5H5F8O3P. The van der Waals surface area contributed by atoms with Crippen LogP contribution in [0.25, 0.3) is 0 Å². The van der Waals surface area contributed by atoms with Gasteiger partial charge in [0.25, 0.3) is 0 Å². The molecule has 0 amide bonds. The highest BCUT2D eigenvalue weighted by Gasteiger charge is 2.68. The number of hydrogen-bond acceptors (Lipinski definition) is 1. The Morgan fingerprint density at radius 1 is 0.941 bits per heavy atom. The van der Waals surface area contributed by atoms with E-state index in [-0.39, 0.29) is 0 Å². The molecule has 3 nitrogen and oxygen atoms in total. The van der Waals surface area contributed by atoms with Crippen LogP contribution in [0, 0.1) is 0 Å². The first kappa shape index (κ1) is 16.6. The summed E-state index contributed by atoms with van der Waals surface area (Å²) < 4.78 is 106. The van der Waals surface area contributed by atoms with Gasteiger partial charge in [0.05, 0.1) is 6.42 Å². The molecule has 0 fully saturated rings. The third-order valence-electron chi connectivity index (χ3n) is 1.63. The second kappa shape index (κ2) is 4.36. The van der Waals surface area contributed by atoms with Gasteiger partial charge < -0.3 is 9.79 Å². The highest BCUT2D eigenvalue weighted by atomic mass is 31.2. The summed E-state index contributed by atoms with van der Waals surface area (Å²) in [5, 5.41) is 0. The molecule has 0 aliphatic carbocycles. The molecule has 0 aliphatic heterocycles. The fraction of sp³-hybridized carbons (Fsp3) is 1.00. The van der Waals surface area contributed by atoms with Gasteiger partial charge in [-0.05, 0) is 0 Å². The van der Waals surface area contributed by atoms with Crippen LogP contribution in [0.5, 0.6) is 0 Å². The zero-order valence-electron chi connectivity index (χ0n) is 7.56. The minimum Gasteiger partial charge on any atom is -0.324 e. The molecule has 0 saturated heterocycles. The summed E-state index contributed by atoms with van der Waals surface area (Å²) >= 11 is 0. The third kappa shape index (κ3) is 4.40. The first-order valence-corrected chi connectivity index (χ1v) is 5.33. The van der Waals surface area contributed by atoms with Crippen LogP contribution in [0.2, 0.25) is 0 Å². The summed E-state index contributed by atoms with van der Waals surface area (Å²) in [5.41, 5.74) is -4.19. The van der Waals surface area contributed by atoms with Crippen LogP contribution in [0.4, 0.5) is 35.1 Å². The van der Waals surface area contributed by atoms with Crippen LogP contribution < -0.4 is 0 Å². The van der Waals surface area contributed by atoms with Crippen LogP contribution in [-0.2, 0) is 4.57 Å². The van der Waals surface area contributed by atoms with E-state index in [1.807, 2.05) is 0 Å². The lowest BCUT2D eigenvalue weighted by Gasteiger charge is -2.29. The highest BCUT2D eigenvalue weighted by molar-refractivity contribution is 7.52. The monoisotopic (exact) mass is 296 g/mol. The standard InChI is InChI=1S/C5H5F8O3P/c6-3(7,8)1-2(17(14,15)16)4(9,10)5(11,12)13/h2H,1H2,(H2,14,15,16). The molecule has 104 valence electrons. The van der Waals surface area contributed by atoms with Crippen LogP contribution in [0.3, 0.4) is 0 Å². The lowest BCUT2D eigenvalue weighted by molar-refractivity contribution is -0.290. The van der Waals surface area contributed by atoms with Gasteiger partial charge in [-0.3, -0.25) is 4.57 Å². The Labute approximate surface area is 88.6 Å². The zero-order valence-corrected chi connectivity index (χ0v) is 8.45. The van der Waals surface area contributed by atoms with Gasteiger partial charge in [-0.15, -0.1) is 0 Å². The summed E-state index contributed by atoms with van der Waals surface area (Å²) in [6.45, 7) is 0. The fourth-order valence-corrected chi connectivity index (χ4v) is 1.88. The number of hydrogen-bond donors (Lipinski definition) is 2. The van der Waals surface area contributed by atoms with Crippen molar-refractivity contribution in [1.82, 2.24) is 0 Å². The molecule has 0 heterocycles. The minimum absolute atomic E-state index is 2.94. The predicted molar refractivity (Wildman–Crippen MR) is 37.5 cm³/mol. The summed E-state index contributed by atoms with van der Waals surface area (Å²) in [5.74, 6) is -6.14. The smallest absolute Gasteiger partial charge is 0.324 e. The molecule has 1 atom stereocenters. The van der Waals surface area contributed by atoms with Crippen LogP contribution in [0.15, 0.2) is 0 Å². The maximum atomic E-state index is 12.5. The van der Waals surface area contributed by atoms with Crippen molar-refractivity contribution in [2.75, 3.05) is 0 Å². The van der Waals surface area contributed by atoms with Crippen molar-refractivity contribution in [3.05, 3.63) is 0 Å². The van der Waals surface area contributed by atoms with Crippen molar-refractivity contribution in [1.29, 1.82) is 0 Å². The van der Waals surface area contributed by atoms with Gasteiger partial charge in [0.1, 0.15) is 5.66 Å². The lowest BCUT2D eigenvalue weighted by Crippen LogP contribution is -2.48. The first-order chi connectivity index (χ1) is 7.09. The molecule has 0 aromatic rings. The van der Waals surface area contributed by atoms with Crippen molar-refractivity contribution in [3.63, 3.8) is 0 Å². The maximum absolute atomic E-state index is 12.5. The number of alkyl halides is 8. The second-order valence-electron chi connectivity index (χ2n) is 3.04. The Kier molecular flexibility index (Phi) is 4.25. The minimum atomic E-state index is -6.48. The molecule has 0 aliphatic rings. The average molecular weight is 296 g/mol. The van der Waals surface area contributed by atoms with Crippen molar-refractivity contribution in [2.24, 2.45) is 0 Å². The molecule has 1 unspecified atom stereocenters. The zero-order chi connectivity index (χ0) is 14.3. The quantitative estimate of drug-likeness (QED) is 0.622. The third-order valence-corrected chi connectivity index (χ3v) is 2.95. The summed E-state index contributed by atoms with van der Waals surface area (Å²) in [6.07, 6.45) is -15.0. The molecule has 12 heteroatoms. The maximum Gasteiger partial charge on any atom is 0.454 e. The van der Waals surface area contributed by atoms with E-state index in [1.165, 1.54) is 0 Å². The van der Waals surface area contributed by atoms with Gasteiger partial charge >= 0.3 is 25.9 Å². The molecular weight excluding hydrogens is 291 g/mol. The van der Waals surface area contributed by atoms with Crippen molar-refractivity contribution < 1.29 is 49.5 Å². The van der Waals surface area contributed by atoms with Crippen molar-refractivity contribution in [3.8, 4) is 0 Å². The Bertz CT molecular complexity index is 314. The fourth-order valence-electron chi connectivity index (χ4n) is 0.866. The van der Waals surface area contributed by atoms with Crippen LogP contribution in [0.1, 0.15) is 6.42 Å². The van der Waals surface area contributed by atoms with E-state index in [1.54, 1.807) is 0 Å². The molecule has 0 aromatic carbocycles. The predicted octanol–water partition coefficient (Wildman–Crippen LogP) is 2.68. The van der Waals surface area contributed by atoms with E-state index in [4.69, 9.17) is 9.79 Å². The van der Waals surface area contributed by atoms with Gasteiger partial charge in [-0.25, -0.2) is 0 Å². The normalized spacial score (nSPS) is 17.1. The highest BCUT2D eigenvalue weighted by Crippen LogP contribution is 2.57. The Balaban J connectivity index is 5.44. The molecule has 0 aromatic heterocycles. The van der Waals surface area contributed by atoms with E-state index in [0.717, 1.165) is 0 Å². The Hall–Kier alpha value is -0.410. The lowest BCUT2D eigenvalue weighted by atomic mass is 10.1. The molecule has 0 spiro atoms. The SMILES string of the molecule is O=P(O)(O)C(CC(F)(F)F)C(F)(F)C(F)(F)F. The van der Waals surface area contributed by atoms with Crippen molar-refractivity contribution in [2.45, 2.75) is 30.4 Å². The van der Waals surface area contributed by atoms with E-state index in [0.29, 0.717) is 0 Å². The summed E-state index contributed by atoms with van der Waals surface area (Å²) in [6, 6.07) is 0. The molecule has 0 rings (SSSR count). The molecule has 17 heavy (non-hydrogen) atoms. The second-order valence-corrected chi connectivity index (χ2v) is 4.85. The van der Waals surface area contributed by atoms with Crippen LogP contribution >= 0.6 is 7.60 Å². The topological polar surface area (TPSA) is 57.5 Å². The van der Waals surface area contributed by atoms with Gasteiger partial charge in [0, 0.05) is 0 Å². The van der Waals surface area contributed by atoms with Crippen molar-refractivity contribution >= 4 is 7.60 Å². The summed E-state index contributed by atoms with van der Waals surface area (Å²) in [7, 11) is -6.28. The van der Waals surface area contributed by atoms with Crippen LogP contribution in [-0.4, -0.2) is 33.7 Å². The van der Waals surface area contributed by atoms with E-state index in [9.17, 15) is 39.7 Å². The number of halogens is 8. The van der Waals surface area contributed by atoms with Gasteiger partial charge in [0.15, 0.2) is 0 Å². The van der Waals surface area contributed by atoms with Gasteiger partial charge in [-0.2, -0.15) is 35.1 Å². The van der Waals surface area contributed by atoms with Gasteiger partial charge in [0.2, 0.25) is 0 Å². The largest absolute Gasteiger partial charge is 0.454 e. The summed E-state index contributed by atoms with van der Waals surface area (Å²) in [4.78, 5) is 16.3. The molecule has 0 saturated carbocycles. The van der Waals surface area contributed by atoms with E-state index < -0.39 is 38.0 Å². The molecule has 2 N–H and O–H groups in total. The number of rotatable bonds is 3.